The molecule has 0 aromatic rings. The summed E-state index contributed by atoms with van der Waals surface area (Å²) >= 11 is 0. The predicted molar refractivity (Wildman–Crippen MR) is 50.3 cm³/mol. The van der Waals surface area contributed by atoms with Crippen LogP contribution in [-0.2, 0) is 19.1 Å². The largest absolute Gasteiger partial charge is 0.481 e. The van der Waals surface area contributed by atoms with E-state index in [1.807, 2.05) is 0 Å². The van der Waals surface area contributed by atoms with Crippen LogP contribution in [-0.4, -0.2) is 45.9 Å². The van der Waals surface area contributed by atoms with Gasteiger partial charge in [-0.1, -0.05) is 0 Å². The van der Waals surface area contributed by atoms with Crippen molar-refractivity contribution in [1.29, 1.82) is 0 Å². The molecule has 92 valence electrons. The van der Waals surface area contributed by atoms with E-state index < -0.39 is 30.6 Å². The van der Waals surface area contributed by atoms with Gasteiger partial charge < -0.3 is 20.1 Å². The molecule has 0 bridgehead atoms. The summed E-state index contributed by atoms with van der Waals surface area (Å²) < 4.78 is 4.17. The monoisotopic (exact) mass is 234 g/mol. The van der Waals surface area contributed by atoms with Gasteiger partial charge in [0.25, 0.3) is 0 Å². The maximum absolute atomic E-state index is 10.9. The Hall–Kier alpha value is -1.47. The molecule has 0 saturated heterocycles. The molecule has 0 rings (SSSR count). The van der Waals surface area contributed by atoms with E-state index in [-0.39, 0.29) is 19.3 Å². The van der Waals surface area contributed by atoms with E-state index in [1.165, 1.54) is 0 Å². The zero-order valence-electron chi connectivity index (χ0n) is 8.59. The third-order valence-electron chi connectivity index (χ3n) is 1.68. The number of carbonyl (C=O) groups is 3. The smallest absolute Gasteiger partial charge is 0.345 e. The maximum atomic E-state index is 10.9. The van der Waals surface area contributed by atoms with Gasteiger partial charge in [-0.25, -0.2) is 4.79 Å². The lowest BCUT2D eigenvalue weighted by atomic mass is 10.2. The number of hydrogen-bond donors (Lipinski definition) is 3. The summed E-state index contributed by atoms with van der Waals surface area (Å²) in [7, 11) is 0. The molecule has 0 aromatic carbocycles. The molecule has 0 spiro atoms. The van der Waals surface area contributed by atoms with Crippen molar-refractivity contribution in [1.82, 2.24) is 0 Å². The number of rotatable bonds is 7. The van der Waals surface area contributed by atoms with E-state index in [9.17, 15) is 14.4 Å². The highest BCUT2D eigenvalue weighted by Crippen LogP contribution is 2.02. The van der Waals surface area contributed by atoms with Crippen LogP contribution < -0.4 is 0 Å². The lowest BCUT2D eigenvalue weighted by molar-refractivity contribution is -0.167. The van der Waals surface area contributed by atoms with Crippen LogP contribution in [0.3, 0.4) is 0 Å². The molecule has 16 heavy (non-hydrogen) atoms. The van der Waals surface area contributed by atoms with Crippen LogP contribution in [0, 0.1) is 0 Å². The first kappa shape index (κ1) is 14.5. The molecule has 7 heteroatoms. The van der Waals surface area contributed by atoms with Gasteiger partial charge in [-0.05, 0) is 12.8 Å². The van der Waals surface area contributed by atoms with Gasteiger partial charge in [0.15, 0.2) is 6.10 Å². The second kappa shape index (κ2) is 7.77. The number of carbonyl (C=O) groups excluding carboxylic acids is 2. The van der Waals surface area contributed by atoms with Gasteiger partial charge >= 0.3 is 17.9 Å². The Labute approximate surface area is 91.6 Å². The van der Waals surface area contributed by atoms with Crippen LogP contribution >= 0.6 is 0 Å². The van der Waals surface area contributed by atoms with Crippen LogP contribution in [0.2, 0.25) is 0 Å². The highest BCUT2D eigenvalue weighted by atomic mass is 16.6. The van der Waals surface area contributed by atoms with Gasteiger partial charge in [0.2, 0.25) is 0 Å². The summed E-state index contributed by atoms with van der Waals surface area (Å²) in [6, 6.07) is 0. The molecule has 0 heterocycles. The number of carboxylic acids is 1. The molecule has 0 saturated carbocycles. The first-order valence-corrected chi connectivity index (χ1v) is 4.72. The number of aliphatic hydroxyl groups excluding tert-OH is 2. The van der Waals surface area contributed by atoms with Crippen molar-refractivity contribution >= 4 is 17.9 Å². The van der Waals surface area contributed by atoms with Crippen LogP contribution in [0.15, 0.2) is 0 Å². The number of hydrogen-bond acceptors (Lipinski definition) is 6. The average Bonchev–Trinajstić information content (AvgIpc) is 2.22. The number of ether oxygens (including phenoxy) is 1. The summed E-state index contributed by atoms with van der Waals surface area (Å²) in [5.41, 5.74) is 0. The van der Waals surface area contributed by atoms with E-state index in [0.29, 0.717) is 6.42 Å². The Kier molecular flexibility index (Phi) is 7.06. The second-order valence-electron chi connectivity index (χ2n) is 3.09. The minimum absolute atomic E-state index is 0.0551. The topological polar surface area (TPSA) is 121 Å². The second-order valence-corrected chi connectivity index (χ2v) is 3.09. The van der Waals surface area contributed by atoms with E-state index in [2.05, 4.69) is 4.74 Å². The fourth-order valence-corrected chi connectivity index (χ4v) is 0.851. The predicted octanol–water partition coefficient (Wildman–Crippen LogP) is -0.946. The summed E-state index contributed by atoms with van der Waals surface area (Å²) in [4.78, 5) is 31.8. The highest BCUT2D eigenvalue weighted by Gasteiger charge is 2.18. The maximum Gasteiger partial charge on any atom is 0.345 e. The third-order valence-corrected chi connectivity index (χ3v) is 1.68. The molecule has 1 unspecified atom stereocenters. The quantitative estimate of drug-likeness (QED) is 0.295. The van der Waals surface area contributed by atoms with Gasteiger partial charge in [-0.2, -0.15) is 0 Å². The average molecular weight is 234 g/mol. The molecule has 0 aliphatic rings. The summed E-state index contributed by atoms with van der Waals surface area (Å²) in [5, 5.41) is 25.4. The summed E-state index contributed by atoms with van der Waals surface area (Å²) in [6.45, 7) is -0.814. The fraction of sp³-hybridized carbons (Fsp3) is 0.667. The minimum atomic E-state index is -1.72. The molecule has 0 aromatic heterocycles. The van der Waals surface area contributed by atoms with Gasteiger partial charge in [-0.3, -0.25) is 9.59 Å². The molecule has 7 nitrogen and oxygen atoms in total. The lowest BCUT2D eigenvalue weighted by Gasteiger charge is -2.05. The van der Waals surface area contributed by atoms with E-state index >= 15 is 0 Å². The molecule has 0 aliphatic heterocycles. The Morgan fingerprint density at radius 3 is 2.19 bits per heavy atom. The Morgan fingerprint density at radius 2 is 1.69 bits per heavy atom. The SMILES string of the molecule is O=C(O)CCCCC(=O)OC(=O)C(O)CO. The molecular formula is C9H14O7. The van der Waals surface area contributed by atoms with E-state index in [1.54, 1.807) is 0 Å². The zero-order valence-corrected chi connectivity index (χ0v) is 8.59. The van der Waals surface area contributed by atoms with E-state index in [4.69, 9.17) is 15.3 Å². The third kappa shape index (κ3) is 6.91. The van der Waals surface area contributed by atoms with Crippen molar-refractivity contribution in [2.24, 2.45) is 0 Å². The van der Waals surface area contributed by atoms with Gasteiger partial charge in [0.1, 0.15) is 0 Å². The zero-order chi connectivity index (χ0) is 12.6. The Balaban J connectivity index is 3.66. The first-order valence-electron chi connectivity index (χ1n) is 4.72. The lowest BCUT2D eigenvalue weighted by Crippen LogP contribution is -2.28. The Bertz CT molecular complexity index is 261. The first-order chi connectivity index (χ1) is 7.47. The van der Waals surface area contributed by atoms with Crippen molar-refractivity contribution in [3.63, 3.8) is 0 Å². The molecular weight excluding hydrogens is 220 g/mol. The van der Waals surface area contributed by atoms with Crippen molar-refractivity contribution in [2.75, 3.05) is 6.61 Å². The van der Waals surface area contributed by atoms with Crippen molar-refractivity contribution in [3.8, 4) is 0 Å². The number of aliphatic carboxylic acids is 1. The molecule has 0 amide bonds. The summed E-state index contributed by atoms with van der Waals surface area (Å²) in [6.07, 6.45) is -1.28. The van der Waals surface area contributed by atoms with Gasteiger partial charge in [-0.15, -0.1) is 0 Å². The number of esters is 2. The van der Waals surface area contributed by atoms with Crippen molar-refractivity contribution in [3.05, 3.63) is 0 Å². The molecule has 0 radical (unpaired) electrons. The highest BCUT2D eigenvalue weighted by molar-refractivity contribution is 5.87. The standard InChI is InChI=1S/C9H14O7/c10-5-6(11)9(15)16-8(14)4-2-1-3-7(12)13/h6,10-11H,1-5H2,(H,12,13). The number of unbranched alkanes of at least 4 members (excludes halogenated alkanes) is 1. The Morgan fingerprint density at radius 1 is 1.12 bits per heavy atom. The number of carboxylic acid groups (broad SMARTS) is 1. The number of aliphatic hydroxyl groups is 2. The van der Waals surface area contributed by atoms with Gasteiger partial charge in [0, 0.05) is 12.8 Å². The fourth-order valence-electron chi connectivity index (χ4n) is 0.851. The normalized spacial score (nSPS) is 11.9. The van der Waals surface area contributed by atoms with Crippen LogP contribution in [0.25, 0.3) is 0 Å². The minimum Gasteiger partial charge on any atom is -0.481 e. The molecule has 0 fully saturated rings. The van der Waals surface area contributed by atoms with Crippen molar-refractivity contribution < 1.29 is 34.4 Å². The van der Waals surface area contributed by atoms with Crippen LogP contribution in [0.4, 0.5) is 0 Å². The van der Waals surface area contributed by atoms with Gasteiger partial charge in [0.05, 0.1) is 6.61 Å². The van der Waals surface area contributed by atoms with Crippen LogP contribution in [0.5, 0.6) is 0 Å². The van der Waals surface area contributed by atoms with Crippen LogP contribution in [0.1, 0.15) is 25.7 Å². The van der Waals surface area contributed by atoms with E-state index in [0.717, 1.165) is 0 Å². The molecule has 3 N–H and O–H groups in total. The molecule has 1 atom stereocenters. The summed E-state index contributed by atoms with van der Waals surface area (Å²) in [5.74, 6) is -3.01. The van der Waals surface area contributed by atoms with Crippen molar-refractivity contribution in [2.45, 2.75) is 31.8 Å². The molecule has 0 aliphatic carbocycles.